The summed E-state index contributed by atoms with van der Waals surface area (Å²) < 4.78 is 5.18. The lowest BCUT2D eigenvalue weighted by Gasteiger charge is -2.20. The number of carbonyl (C=O) groups is 2. The summed E-state index contributed by atoms with van der Waals surface area (Å²) in [7, 11) is 3.17. The molecule has 0 radical (unpaired) electrons. The second-order valence-corrected chi connectivity index (χ2v) is 5.14. The molecule has 0 saturated carbocycles. The Morgan fingerprint density at radius 3 is 2.62 bits per heavy atom. The third-order valence-corrected chi connectivity index (χ3v) is 3.11. The summed E-state index contributed by atoms with van der Waals surface area (Å²) in [5.41, 5.74) is 1.98. The number of amides is 2. The van der Waals surface area contributed by atoms with Crippen LogP contribution in [0.4, 0.5) is 4.79 Å². The van der Waals surface area contributed by atoms with Crippen LogP contribution in [0.3, 0.4) is 0 Å². The van der Waals surface area contributed by atoms with E-state index in [2.05, 4.69) is 5.32 Å². The molecule has 0 aromatic heterocycles. The first-order valence-electron chi connectivity index (χ1n) is 6.69. The van der Waals surface area contributed by atoms with Crippen LogP contribution in [-0.4, -0.2) is 42.7 Å². The number of ether oxygens (including phenoxy) is 1. The monoisotopic (exact) mass is 294 g/mol. The van der Waals surface area contributed by atoms with Crippen LogP contribution in [0.2, 0.25) is 0 Å². The van der Waals surface area contributed by atoms with E-state index in [4.69, 9.17) is 9.84 Å². The Bertz CT molecular complexity index is 516. The molecule has 1 atom stereocenters. The molecule has 1 rings (SSSR count). The number of aliphatic carboxylic acids is 1. The third-order valence-electron chi connectivity index (χ3n) is 3.11. The largest absolute Gasteiger partial charge is 0.497 e. The first-order chi connectivity index (χ1) is 9.83. The Labute approximate surface area is 124 Å². The lowest BCUT2D eigenvalue weighted by molar-refractivity contribution is -0.141. The highest BCUT2D eigenvalue weighted by molar-refractivity contribution is 5.75. The Balaban J connectivity index is 2.56. The van der Waals surface area contributed by atoms with Crippen LogP contribution >= 0.6 is 0 Å². The van der Waals surface area contributed by atoms with Gasteiger partial charge in [-0.15, -0.1) is 0 Å². The zero-order valence-electron chi connectivity index (χ0n) is 12.8. The van der Waals surface area contributed by atoms with E-state index in [1.165, 1.54) is 4.90 Å². The molecule has 21 heavy (non-hydrogen) atoms. The van der Waals surface area contributed by atoms with Crippen LogP contribution in [0.25, 0.3) is 0 Å². The van der Waals surface area contributed by atoms with E-state index in [9.17, 15) is 9.59 Å². The van der Waals surface area contributed by atoms with E-state index in [1.807, 2.05) is 25.1 Å². The number of urea groups is 1. The molecular weight excluding hydrogens is 272 g/mol. The number of nitrogens with zero attached hydrogens (tertiary/aromatic N) is 1. The number of hydrogen-bond acceptors (Lipinski definition) is 3. The second-order valence-electron chi connectivity index (χ2n) is 5.14. The zero-order chi connectivity index (χ0) is 16.0. The van der Waals surface area contributed by atoms with Crippen LogP contribution < -0.4 is 10.1 Å². The lowest BCUT2D eigenvalue weighted by atomic mass is 10.1. The summed E-state index contributed by atoms with van der Waals surface area (Å²) in [5.74, 6) is -0.773. The predicted molar refractivity (Wildman–Crippen MR) is 79.4 cm³/mol. The highest BCUT2D eigenvalue weighted by Gasteiger charge is 2.17. The number of nitrogens with one attached hydrogen (secondary N) is 1. The van der Waals surface area contributed by atoms with Gasteiger partial charge in [0.1, 0.15) is 5.75 Å². The van der Waals surface area contributed by atoms with Crippen molar-refractivity contribution in [2.45, 2.75) is 20.4 Å². The predicted octanol–water partition coefficient (Wildman–Crippen LogP) is 1.87. The van der Waals surface area contributed by atoms with Gasteiger partial charge in [-0.3, -0.25) is 4.79 Å². The highest BCUT2D eigenvalue weighted by Crippen LogP contribution is 2.16. The minimum Gasteiger partial charge on any atom is -0.497 e. The highest BCUT2D eigenvalue weighted by atomic mass is 16.5. The van der Waals surface area contributed by atoms with E-state index in [0.29, 0.717) is 6.54 Å². The van der Waals surface area contributed by atoms with E-state index in [1.54, 1.807) is 21.1 Å². The molecule has 1 aromatic rings. The summed E-state index contributed by atoms with van der Waals surface area (Å²) in [5, 5.41) is 11.6. The molecule has 2 amide bonds. The molecule has 6 nitrogen and oxygen atoms in total. The second kappa shape index (κ2) is 7.52. The Morgan fingerprint density at radius 1 is 1.38 bits per heavy atom. The molecular formula is C15H22N2O4. The van der Waals surface area contributed by atoms with Gasteiger partial charge < -0.3 is 20.1 Å². The third kappa shape index (κ3) is 5.33. The van der Waals surface area contributed by atoms with Gasteiger partial charge in [0.15, 0.2) is 0 Å². The minimum atomic E-state index is -0.918. The fraction of sp³-hybridized carbons (Fsp3) is 0.467. The van der Waals surface area contributed by atoms with Crippen molar-refractivity contribution in [3.63, 3.8) is 0 Å². The van der Waals surface area contributed by atoms with Gasteiger partial charge in [0.2, 0.25) is 0 Å². The zero-order valence-corrected chi connectivity index (χ0v) is 12.8. The molecule has 0 heterocycles. The van der Waals surface area contributed by atoms with Crippen molar-refractivity contribution in [2.24, 2.45) is 5.92 Å². The van der Waals surface area contributed by atoms with Gasteiger partial charge in [-0.2, -0.15) is 0 Å². The fourth-order valence-electron chi connectivity index (χ4n) is 1.93. The SMILES string of the molecule is COc1cc(C)cc(CNC(=O)N(C)CC(C)C(=O)O)c1. The van der Waals surface area contributed by atoms with Crippen LogP contribution in [0.5, 0.6) is 5.75 Å². The molecule has 0 aliphatic rings. The van der Waals surface area contributed by atoms with Crippen LogP contribution in [-0.2, 0) is 11.3 Å². The summed E-state index contributed by atoms with van der Waals surface area (Å²) in [6, 6.07) is 5.42. The fourth-order valence-corrected chi connectivity index (χ4v) is 1.93. The van der Waals surface area contributed by atoms with Crippen molar-refractivity contribution in [2.75, 3.05) is 20.7 Å². The van der Waals surface area contributed by atoms with Crippen molar-refractivity contribution < 1.29 is 19.4 Å². The van der Waals surface area contributed by atoms with Crippen molar-refractivity contribution in [3.8, 4) is 5.75 Å². The Kier molecular flexibility index (Phi) is 6.02. The molecule has 0 fully saturated rings. The average Bonchev–Trinajstić information content (AvgIpc) is 2.43. The van der Waals surface area contributed by atoms with Crippen LogP contribution in [0, 0.1) is 12.8 Å². The van der Waals surface area contributed by atoms with Gasteiger partial charge in [-0.1, -0.05) is 13.0 Å². The van der Waals surface area contributed by atoms with Crippen molar-refractivity contribution in [1.82, 2.24) is 10.2 Å². The summed E-state index contributed by atoms with van der Waals surface area (Å²) in [4.78, 5) is 24.0. The average molecular weight is 294 g/mol. The number of benzene rings is 1. The molecule has 2 N–H and O–H groups in total. The molecule has 116 valence electrons. The summed E-state index contributed by atoms with van der Waals surface area (Å²) >= 11 is 0. The first-order valence-corrected chi connectivity index (χ1v) is 6.69. The first kappa shape index (κ1) is 16.8. The number of carboxylic acids is 1. The van der Waals surface area contributed by atoms with Crippen molar-refractivity contribution in [1.29, 1.82) is 0 Å². The Morgan fingerprint density at radius 2 is 2.05 bits per heavy atom. The van der Waals surface area contributed by atoms with Crippen LogP contribution in [0.15, 0.2) is 18.2 Å². The van der Waals surface area contributed by atoms with E-state index in [0.717, 1.165) is 16.9 Å². The number of carboxylic acid groups (broad SMARTS) is 1. The van der Waals surface area contributed by atoms with Gasteiger partial charge in [-0.25, -0.2) is 4.79 Å². The van der Waals surface area contributed by atoms with E-state index in [-0.39, 0.29) is 12.6 Å². The maximum Gasteiger partial charge on any atom is 0.317 e. The molecule has 0 aliphatic carbocycles. The standard InChI is InChI=1S/C15H22N2O4/c1-10-5-12(7-13(6-10)21-4)8-16-15(20)17(3)9-11(2)14(18)19/h5-7,11H,8-9H2,1-4H3,(H,16,20)(H,18,19). The number of hydrogen-bond donors (Lipinski definition) is 2. The van der Waals surface area contributed by atoms with Gasteiger partial charge >= 0.3 is 12.0 Å². The minimum absolute atomic E-state index is 0.165. The number of methoxy groups -OCH3 is 1. The molecule has 0 saturated heterocycles. The van der Waals surface area contributed by atoms with Gasteiger partial charge in [0, 0.05) is 20.1 Å². The van der Waals surface area contributed by atoms with Crippen molar-refractivity contribution in [3.05, 3.63) is 29.3 Å². The van der Waals surface area contributed by atoms with Gasteiger partial charge in [-0.05, 0) is 30.2 Å². The van der Waals surface area contributed by atoms with E-state index < -0.39 is 11.9 Å². The number of carbonyl (C=O) groups excluding carboxylic acids is 1. The molecule has 6 heteroatoms. The maximum atomic E-state index is 11.9. The van der Waals surface area contributed by atoms with Crippen molar-refractivity contribution >= 4 is 12.0 Å². The molecule has 1 aromatic carbocycles. The molecule has 0 bridgehead atoms. The summed E-state index contributed by atoms with van der Waals surface area (Å²) in [6.45, 7) is 4.05. The topological polar surface area (TPSA) is 78.9 Å². The molecule has 0 spiro atoms. The quantitative estimate of drug-likeness (QED) is 0.839. The molecule has 1 unspecified atom stereocenters. The number of aryl methyl sites for hydroxylation is 1. The smallest absolute Gasteiger partial charge is 0.317 e. The summed E-state index contributed by atoms with van der Waals surface area (Å²) in [6.07, 6.45) is 0. The lowest BCUT2D eigenvalue weighted by Crippen LogP contribution is -2.40. The van der Waals surface area contributed by atoms with E-state index >= 15 is 0 Å². The van der Waals surface area contributed by atoms with Crippen LogP contribution in [0.1, 0.15) is 18.1 Å². The van der Waals surface area contributed by atoms with Gasteiger partial charge in [0.25, 0.3) is 0 Å². The molecule has 0 aliphatic heterocycles. The Hall–Kier alpha value is -2.24. The normalized spacial score (nSPS) is 11.6. The van der Waals surface area contributed by atoms with Gasteiger partial charge in [0.05, 0.1) is 13.0 Å². The number of rotatable bonds is 6. The maximum absolute atomic E-state index is 11.9.